The molecule has 0 fully saturated rings. The lowest BCUT2D eigenvalue weighted by molar-refractivity contribution is -0.385. The second kappa shape index (κ2) is 9.82. The minimum atomic E-state index is -0.423. The molecule has 0 amide bonds. The predicted molar refractivity (Wildman–Crippen MR) is 122 cm³/mol. The van der Waals surface area contributed by atoms with Crippen molar-refractivity contribution in [1.29, 1.82) is 0 Å². The van der Waals surface area contributed by atoms with Crippen molar-refractivity contribution < 1.29 is 14.4 Å². The SMILES string of the molecule is CCCCOc1c(OC)cc(-c2n[nH]c3c2CN(Cc2ccccc2)CC3)cc1[N+](=O)[O-]. The van der Waals surface area contributed by atoms with Crippen molar-refractivity contribution in [3.63, 3.8) is 0 Å². The van der Waals surface area contributed by atoms with Crippen molar-refractivity contribution in [1.82, 2.24) is 15.1 Å². The molecule has 0 unspecified atom stereocenters. The smallest absolute Gasteiger partial charge is 0.315 e. The lowest BCUT2D eigenvalue weighted by Crippen LogP contribution is -2.29. The number of rotatable bonds is 9. The van der Waals surface area contributed by atoms with Gasteiger partial charge in [-0.25, -0.2) is 0 Å². The third-order valence-corrected chi connectivity index (χ3v) is 5.73. The molecule has 0 aliphatic carbocycles. The molecule has 8 heteroatoms. The number of aromatic amines is 1. The van der Waals surface area contributed by atoms with Crippen molar-refractivity contribution in [2.45, 2.75) is 39.3 Å². The van der Waals surface area contributed by atoms with Gasteiger partial charge in [-0.2, -0.15) is 5.10 Å². The lowest BCUT2D eigenvalue weighted by atomic mass is 9.99. The van der Waals surface area contributed by atoms with Crippen LogP contribution in [-0.2, 0) is 19.5 Å². The van der Waals surface area contributed by atoms with Gasteiger partial charge in [0.25, 0.3) is 0 Å². The molecule has 168 valence electrons. The normalized spacial score (nSPS) is 13.6. The van der Waals surface area contributed by atoms with E-state index in [2.05, 4.69) is 27.2 Å². The summed E-state index contributed by atoms with van der Waals surface area (Å²) in [5.74, 6) is 0.517. The van der Waals surface area contributed by atoms with E-state index >= 15 is 0 Å². The highest BCUT2D eigenvalue weighted by molar-refractivity contribution is 5.73. The van der Waals surface area contributed by atoms with Crippen molar-refractivity contribution in [2.75, 3.05) is 20.3 Å². The van der Waals surface area contributed by atoms with Gasteiger partial charge in [0, 0.05) is 48.9 Å². The lowest BCUT2D eigenvalue weighted by Gasteiger charge is -2.27. The Hall–Kier alpha value is -3.39. The number of ether oxygens (including phenoxy) is 2. The van der Waals surface area contributed by atoms with Crippen molar-refractivity contribution in [3.05, 3.63) is 69.4 Å². The number of nitro groups is 1. The van der Waals surface area contributed by atoms with E-state index in [-0.39, 0.29) is 11.4 Å². The Kier molecular flexibility index (Phi) is 6.70. The minimum absolute atomic E-state index is 0.107. The molecular formula is C24H28N4O4. The van der Waals surface area contributed by atoms with Crippen LogP contribution in [0.4, 0.5) is 5.69 Å². The quantitative estimate of drug-likeness (QED) is 0.296. The van der Waals surface area contributed by atoms with Gasteiger partial charge in [-0.3, -0.25) is 20.1 Å². The monoisotopic (exact) mass is 436 g/mol. The fraction of sp³-hybridized carbons (Fsp3) is 0.375. The van der Waals surface area contributed by atoms with E-state index in [1.807, 2.05) is 25.1 Å². The third kappa shape index (κ3) is 4.60. The third-order valence-electron chi connectivity index (χ3n) is 5.73. The summed E-state index contributed by atoms with van der Waals surface area (Å²) in [5.41, 5.74) is 4.67. The van der Waals surface area contributed by atoms with Gasteiger partial charge < -0.3 is 9.47 Å². The van der Waals surface area contributed by atoms with E-state index < -0.39 is 4.92 Å². The Morgan fingerprint density at radius 1 is 1.25 bits per heavy atom. The van der Waals surface area contributed by atoms with Gasteiger partial charge >= 0.3 is 5.69 Å². The average molecular weight is 437 g/mol. The van der Waals surface area contributed by atoms with E-state index in [1.54, 1.807) is 6.07 Å². The number of fused-ring (bicyclic) bond motifs is 1. The first-order valence-corrected chi connectivity index (χ1v) is 10.9. The van der Waals surface area contributed by atoms with E-state index in [4.69, 9.17) is 9.47 Å². The number of nitrogens with zero attached hydrogens (tertiary/aromatic N) is 3. The molecule has 1 aliphatic rings. The topological polar surface area (TPSA) is 93.5 Å². The molecule has 0 atom stereocenters. The molecule has 8 nitrogen and oxygen atoms in total. The number of methoxy groups -OCH3 is 1. The fourth-order valence-corrected chi connectivity index (χ4v) is 4.04. The summed E-state index contributed by atoms with van der Waals surface area (Å²) in [6.07, 6.45) is 2.60. The first-order valence-electron chi connectivity index (χ1n) is 10.9. The first kappa shape index (κ1) is 21.8. The molecule has 1 N–H and O–H groups in total. The molecule has 4 rings (SSSR count). The summed E-state index contributed by atoms with van der Waals surface area (Å²) in [6.45, 7) is 4.94. The average Bonchev–Trinajstić information content (AvgIpc) is 3.23. The van der Waals surface area contributed by atoms with Crippen LogP contribution < -0.4 is 9.47 Å². The van der Waals surface area contributed by atoms with Crippen molar-refractivity contribution in [2.24, 2.45) is 0 Å². The van der Waals surface area contributed by atoms with Gasteiger partial charge in [-0.1, -0.05) is 43.7 Å². The zero-order valence-electron chi connectivity index (χ0n) is 18.5. The van der Waals surface area contributed by atoms with E-state index in [0.717, 1.165) is 55.8 Å². The summed E-state index contributed by atoms with van der Waals surface area (Å²) in [7, 11) is 1.50. The highest BCUT2D eigenvalue weighted by Crippen LogP contribution is 2.42. The Bertz CT molecular complexity index is 1080. The second-order valence-corrected chi connectivity index (χ2v) is 7.96. The van der Waals surface area contributed by atoms with Crippen molar-refractivity contribution >= 4 is 5.69 Å². The zero-order chi connectivity index (χ0) is 22.5. The fourth-order valence-electron chi connectivity index (χ4n) is 4.04. The van der Waals surface area contributed by atoms with E-state index in [0.29, 0.717) is 17.9 Å². The predicted octanol–water partition coefficient (Wildman–Crippen LogP) is 4.73. The number of unbranched alkanes of at least 4 members (excludes halogenated alkanes) is 1. The number of aromatic nitrogens is 2. The van der Waals surface area contributed by atoms with Gasteiger partial charge in [0.1, 0.15) is 0 Å². The Balaban J connectivity index is 1.65. The maximum atomic E-state index is 11.8. The van der Waals surface area contributed by atoms with Crippen LogP contribution in [0.3, 0.4) is 0 Å². The number of hydrogen-bond acceptors (Lipinski definition) is 6. The highest BCUT2D eigenvalue weighted by atomic mass is 16.6. The number of nitro benzene ring substituents is 1. The largest absolute Gasteiger partial charge is 0.493 e. The molecule has 0 bridgehead atoms. The number of nitrogens with one attached hydrogen (secondary N) is 1. The van der Waals surface area contributed by atoms with Gasteiger partial charge in [-0.05, 0) is 18.1 Å². The summed E-state index contributed by atoms with van der Waals surface area (Å²) in [6, 6.07) is 13.7. The molecule has 0 spiro atoms. The van der Waals surface area contributed by atoms with Gasteiger partial charge in [-0.15, -0.1) is 0 Å². The molecule has 32 heavy (non-hydrogen) atoms. The molecular weight excluding hydrogens is 408 g/mol. The number of H-pyrrole nitrogens is 1. The Morgan fingerprint density at radius 2 is 2.06 bits per heavy atom. The highest BCUT2D eigenvalue weighted by Gasteiger charge is 2.27. The van der Waals surface area contributed by atoms with Gasteiger partial charge in [0.2, 0.25) is 5.75 Å². The molecule has 1 aliphatic heterocycles. The molecule has 2 aromatic carbocycles. The molecule has 3 aromatic rings. The van der Waals surface area contributed by atoms with E-state index in [1.165, 1.54) is 18.7 Å². The maximum Gasteiger partial charge on any atom is 0.315 e. The molecule has 0 radical (unpaired) electrons. The Labute approximate surface area is 187 Å². The standard InChI is InChI=1S/C24H28N4O4/c1-3-4-12-32-24-21(28(29)30)13-18(14-22(24)31-2)23-19-16-27(11-10-20(19)25-26-23)15-17-8-6-5-7-9-17/h5-9,13-14H,3-4,10-12,15-16H2,1-2H3,(H,25,26). The zero-order valence-corrected chi connectivity index (χ0v) is 18.5. The van der Waals surface area contributed by atoms with Crippen LogP contribution in [0.15, 0.2) is 42.5 Å². The van der Waals surface area contributed by atoms with E-state index in [9.17, 15) is 10.1 Å². The first-order chi connectivity index (χ1) is 15.6. The molecule has 1 aromatic heterocycles. The van der Waals surface area contributed by atoms with Gasteiger partial charge in [0.15, 0.2) is 5.75 Å². The van der Waals surface area contributed by atoms with Gasteiger partial charge in [0.05, 0.1) is 24.3 Å². The molecule has 0 saturated carbocycles. The van der Waals surface area contributed by atoms with Crippen LogP contribution >= 0.6 is 0 Å². The minimum Gasteiger partial charge on any atom is -0.493 e. The molecule has 2 heterocycles. The second-order valence-electron chi connectivity index (χ2n) is 7.96. The van der Waals surface area contributed by atoms with Crippen LogP contribution in [0.5, 0.6) is 11.5 Å². The maximum absolute atomic E-state index is 11.8. The summed E-state index contributed by atoms with van der Waals surface area (Å²) >= 11 is 0. The van der Waals surface area contributed by atoms with Crippen molar-refractivity contribution in [3.8, 4) is 22.8 Å². The number of benzene rings is 2. The number of hydrogen-bond donors (Lipinski definition) is 1. The van der Waals surface area contributed by atoms with Crippen LogP contribution in [0.25, 0.3) is 11.3 Å². The summed E-state index contributed by atoms with van der Waals surface area (Å²) < 4.78 is 11.2. The van der Waals surface area contributed by atoms with Crippen LogP contribution in [-0.4, -0.2) is 40.3 Å². The Morgan fingerprint density at radius 3 is 2.78 bits per heavy atom. The summed E-state index contributed by atoms with van der Waals surface area (Å²) in [4.78, 5) is 13.8. The van der Waals surface area contributed by atoms with Crippen LogP contribution in [0.1, 0.15) is 36.6 Å². The van der Waals surface area contributed by atoms with Crippen LogP contribution in [0, 0.1) is 10.1 Å². The molecule has 0 saturated heterocycles. The summed E-state index contributed by atoms with van der Waals surface area (Å²) in [5, 5.41) is 19.5. The van der Waals surface area contributed by atoms with Crippen LogP contribution in [0.2, 0.25) is 0 Å².